The number of hydrogen-bond donors (Lipinski definition) is 3. The van der Waals surface area contributed by atoms with Crippen LogP contribution >= 0.6 is 0 Å². The maximum atomic E-state index is 13.0. The van der Waals surface area contributed by atoms with Crippen molar-refractivity contribution < 1.29 is 34.0 Å². The van der Waals surface area contributed by atoms with Gasteiger partial charge in [0.25, 0.3) is 0 Å². The zero-order valence-electron chi connectivity index (χ0n) is 17.4. The molecule has 5 rings (SSSR count). The molecule has 0 radical (unpaired) electrons. The minimum atomic E-state index is -0.535. The summed E-state index contributed by atoms with van der Waals surface area (Å²) in [6.45, 7) is 0. The van der Waals surface area contributed by atoms with Crippen LogP contribution in [0.3, 0.4) is 0 Å². The van der Waals surface area contributed by atoms with Crippen LogP contribution in [0.2, 0.25) is 0 Å². The highest BCUT2D eigenvalue weighted by atomic mass is 16.5. The van der Waals surface area contributed by atoms with Gasteiger partial charge in [0, 0.05) is 29.2 Å². The summed E-state index contributed by atoms with van der Waals surface area (Å²) in [6, 6.07) is 13.4. The van der Waals surface area contributed by atoms with Crippen LogP contribution in [0.1, 0.15) is 23.5 Å². The van der Waals surface area contributed by atoms with Crippen LogP contribution in [0.15, 0.2) is 63.8 Å². The van der Waals surface area contributed by atoms with E-state index in [1.165, 1.54) is 43.5 Å². The molecule has 0 fully saturated rings. The van der Waals surface area contributed by atoms with Gasteiger partial charge in [0.15, 0.2) is 16.9 Å². The number of esters is 1. The van der Waals surface area contributed by atoms with Gasteiger partial charge in [-0.25, -0.2) is 0 Å². The molecule has 1 aliphatic rings. The summed E-state index contributed by atoms with van der Waals surface area (Å²) in [7, 11) is 1.42. The van der Waals surface area contributed by atoms with Crippen LogP contribution in [0.25, 0.3) is 22.3 Å². The summed E-state index contributed by atoms with van der Waals surface area (Å²) in [4.78, 5) is 25.3. The number of phenolic OH excluding ortho intramolecular Hbond substituents is 3. The summed E-state index contributed by atoms with van der Waals surface area (Å²) >= 11 is 0. The second-order valence-corrected chi connectivity index (χ2v) is 7.70. The lowest BCUT2D eigenvalue weighted by Gasteiger charge is -2.26. The first-order chi connectivity index (χ1) is 15.9. The Balaban J connectivity index is 1.79. The molecule has 1 aromatic heterocycles. The van der Waals surface area contributed by atoms with E-state index in [0.717, 1.165) is 0 Å². The largest absolute Gasteiger partial charge is 0.508 e. The maximum Gasteiger partial charge on any atom is 0.312 e. The number of methoxy groups -OCH3 is 1. The van der Waals surface area contributed by atoms with Crippen molar-refractivity contribution in [2.75, 3.05) is 7.11 Å². The van der Waals surface area contributed by atoms with Gasteiger partial charge >= 0.3 is 5.97 Å². The average molecular weight is 446 g/mol. The fourth-order valence-electron chi connectivity index (χ4n) is 4.14. The first-order valence-electron chi connectivity index (χ1n) is 10.1. The number of ether oxygens (including phenoxy) is 2. The molecule has 0 saturated carbocycles. The zero-order chi connectivity index (χ0) is 23.3. The van der Waals surface area contributed by atoms with Crippen molar-refractivity contribution >= 4 is 16.9 Å². The van der Waals surface area contributed by atoms with Gasteiger partial charge in [-0.05, 0) is 35.9 Å². The lowest BCUT2D eigenvalue weighted by Crippen LogP contribution is -2.22. The van der Waals surface area contributed by atoms with Crippen LogP contribution in [-0.4, -0.2) is 28.4 Å². The molecule has 2 heterocycles. The second kappa shape index (κ2) is 7.59. The summed E-state index contributed by atoms with van der Waals surface area (Å²) in [5.74, 6) is -0.970. The molecule has 33 heavy (non-hydrogen) atoms. The first-order valence-corrected chi connectivity index (χ1v) is 10.1. The highest BCUT2D eigenvalue weighted by Crippen LogP contribution is 2.46. The number of fused-ring (bicyclic) bond motifs is 3. The molecule has 3 aromatic carbocycles. The fraction of sp³-hybridized carbons (Fsp3) is 0.120. The van der Waals surface area contributed by atoms with Gasteiger partial charge in [0.1, 0.15) is 34.0 Å². The number of carbonyl (C=O) groups excluding carboxylic acids is 1. The Labute approximate surface area is 186 Å². The Morgan fingerprint density at radius 2 is 1.70 bits per heavy atom. The molecule has 166 valence electrons. The molecule has 0 aliphatic carbocycles. The third kappa shape index (κ3) is 3.41. The molecule has 0 spiro atoms. The number of hydrogen-bond acceptors (Lipinski definition) is 8. The van der Waals surface area contributed by atoms with Gasteiger partial charge in [-0.3, -0.25) is 9.59 Å². The van der Waals surface area contributed by atoms with Crippen molar-refractivity contribution in [3.63, 3.8) is 0 Å². The van der Waals surface area contributed by atoms with E-state index in [4.69, 9.17) is 13.9 Å². The van der Waals surface area contributed by atoms with E-state index in [-0.39, 0.29) is 51.9 Å². The molecule has 0 bridgehead atoms. The molecule has 0 saturated heterocycles. The average Bonchev–Trinajstić information content (AvgIpc) is 2.78. The van der Waals surface area contributed by atoms with Crippen LogP contribution in [0.4, 0.5) is 0 Å². The van der Waals surface area contributed by atoms with Crippen LogP contribution in [0, 0.1) is 0 Å². The number of carbonyl (C=O) groups is 1. The number of rotatable bonds is 3. The van der Waals surface area contributed by atoms with E-state index >= 15 is 0 Å². The molecule has 8 nitrogen and oxygen atoms in total. The van der Waals surface area contributed by atoms with Crippen molar-refractivity contribution in [2.24, 2.45) is 0 Å². The Bertz CT molecular complexity index is 1470. The van der Waals surface area contributed by atoms with Crippen molar-refractivity contribution in [3.05, 3.63) is 75.9 Å². The minimum absolute atomic E-state index is 0.0189. The first kappa shape index (κ1) is 20.4. The van der Waals surface area contributed by atoms with Crippen LogP contribution in [-0.2, 0) is 4.79 Å². The van der Waals surface area contributed by atoms with E-state index in [9.17, 15) is 24.9 Å². The maximum absolute atomic E-state index is 13.0. The van der Waals surface area contributed by atoms with Crippen molar-refractivity contribution in [2.45, 2.75) is 12.3 Å². The topological polar surface area (TPSA) is 126 Å². The Kier molecular flexibility index (Phi) is 4.70. The molecule has 1 aliphatic heterocycles. The molecular formula is C25H18O8. The monoisotopic (exact) mass is 446 g/mol. The smallest absolute Gasteiger partial charge is 0.312 e. The third-order valence-corrected chi connectivity index (χ3v) is 5.68. The van der Waals surface area contributed by atoms with Gasteiger partial charge in [-0.1, -0.05) is 12.1 Å². The normalized spacial score (nSPS) is 15.2. The lowest BCUT2D eigenvalue weighted by atomic mass is 9.85. The van der Waals surface area contributed by atoms with Crippen molar-refractivity contribution in [1.82, 2.24) is 0 Å². The Morgan fingerprint density at radius 1 is 0.939 bits per heavy atom. The molecule has 1 atom stereocenters. The SMILES string of the molecule is COc1ccc(-c2cc(=O)c3c(O)cc4c(c3o2)C(c2ccc(O)cc2)CC(=O)O4)cc1O. The van der Waals surface area contributed by atoms with E-state index in [1.54, 1.807) is 18.2 Å². The lowest BCUT2D eigenvalue weighted by molar-refractivity contribution is -0.135. The van der Waals surface area contributed by atoms with Crippen molar-refractivity contribution in [1.29, 1.82) is 0 Å². The van der Waals surface area contributed by atoms with Crippen LogP contribution in [0.5, 0.6) is 28.7 Å². The summed E-state index contributed by atoms with van der Waals surface area (Å²) in [5, 5.41) is 30.3. The summed E-state index contributed by atoms with van der Waals surface area (Å²) < 4.78 is 16.5. The molecular weight excluding hydrogens is 428 g/mol. The second-order valence-electron chi connectivity index (χ2n) is 7.70. The summed E-state index contributed by atoms with van der Waals surface area (Å²) in [5.41, 5.74) is 1.13. The van der Waals surface area contributed by atoms with Gasteiger partial charge < -0.3 is 29.2 Å². The predicted octanol–water partition coefficient (Wildman–Crippen LogP) is 4.03. The van der Waals surface area contributed by atoms with Crippen molar-refractivity contribution in [3.8, 4) is 40.1 Å². The molecule has 8 heteroatoms. The van der Waals surface area contributed by atoms with Crippen LogP contribution < -0.4 is 14.9 Å². The quantitative estimate of drug-likeness (QED) is 0.318. The highest BCUT2D eigenvalue weighted by Gasteiger charge is 2.33. The number of aromatic hydroxyl groups is 3. The Hall–Kier alpha value is -4.46. The molecule has 4 aromatic rings. The van der Waals surface area contributed by atoms with Gasteiger partial charge in [-0.15, -0.1) is 0 Å². The standard InChI is InChI=1S/C25H18O8/c1-31-19-7-4-13(8-16(19)27)20-10-17(28)24-18(29)11-21-23(25(24)33-20)15(9-22(30)32-21)12-2-5-14(26)6-3-12/h2-8,10-11,15,26-27,29H,9H2,1H3. The van der Waals surface area contributed by atoms with Gasteiger partial charge in [-0.2, -0.15) is 0 Å². The van der Waals surface area contributed by atoms with Gasteiger partial charge in [0.2, 0.25) is 0 Å². The number of phenols is 3. The van der Waals surface area contributed by atoms with E-state index < -0.39 is 17.3 Å². The molecule has 0 amide bonds. The third-order valence-electron chi connectivity index (χ3n) is 5.68. The number of benzene rings is 3. The Morgan fingerprint density at radius 3 is 2.39 bits per heavy atom. The molecule has 1 unspecified atom stereocenters. The molecule has 3 N–H and O–H groups in total. The summed E-state index contributed by atoms with van der Waals surface area (Å²) in [6.07, 6.45) is -0.0189. The van der Waals surface area contributed by atoms with E-state index in [0.29, 0.717) is 16.7 Å². The fourth-order valence-corrected chi connectivity index (χ4v) is 4.14. The minimum Gasteiger partial charge on any atom is -0.508 e. The predicted molar refractivity (Wildman–Crippen MR) is 118 cm³/mol. The highest BCUT2D eigenvalue weighted by molar-refractivity contribution is 5.93. The van der Waals surface area contributed by atoms with E-state index in [1.807, 2.05) is 0 Å². The van der Waals surface area contributed by atoms with E-state index in [2.05, 4.69) is 0 Å². The zero-order valence-corrected chi connectivity index (χ0v) is 17.4. The van der Waals surface area contributed by atoms with Gasteiger partial charge in [0.05, 0.1) is 13.5 Å².